The van der Waals surface area contributed by atoms with Gasteiger partial charge >= 0.3 is 0 Å². The zero-order valence-corrected chi connectivity index (χ0v) is 13.2. The van der Waals surface area contributed by atoms with Crippen LogP contribution in [0.3, 0.4) is 0 Å². The highest BCUT2D eigenvalue weighted by molar-refractivity contribution is 6.04. The monoisotopic (exact) mass is 315 g/mol. The molecule has 0 aliphatic heterocycles. The van der Waals surface area contributed by atoms with Gasteiger partial charge < -0.3 is 9.38 Å². The number of aromatic amines is 1. The van der Waals surface area contributed by atoms with Crippen molar-refractivity contribution in [3.63, 3.8) is 0 Å². The van der Waals surface area contributed by atoms with E-state index in [1.807, 2.05) is 37.4 Å². The van der Waals surface area contributed by atoms with Crippen LogP contribution in [0.5, 0.6) is 0 Å². The van der Waals surface area contributed by atoms with Crippen LogP contribution >= 0.6 is 12.4 Å². The number of aryl methyl sites for hydroxylation is 2. The first kappa shape index (κ1) is 14.9. The smallest absolute Gasteiger partial charge is 0.168 e. The Labute approximate surface area is 135 Å². The van der Waals surface area contributed by atoms with Crippen molar-refractivity contribution < 1.29 is 4.79 Å². The molecule has 5 heteroatoms. The van der Waals surface area contributed by atoms with Crippen molar-refractivity contribution in [1.82, 2.24) is 14.4 Å². The molecule has 1 aliphatic rings. The van der Waals surface area contributed by atoms with Crippen molar-refractivity contribution in [3.05, 3.63) is 59.4 Å². The fraction of sp³-hybridized carbons (Fsp3) is 0.294. The number of fused-ring (bicyclic) bond motifs is 2. The molecule has 4 rings (SSSR count). The molecule has 0 aromatic carbocycles. The Kier molecular flexibility index (Phi) is 3.79. The lowest BCUT2D eigenvalue weighted by atomic mass is 9.84. The third kappa shape index (κ3) is 2.24. The first-order valence-corrected chi connectivity index (χ1v) is 7.36. The summed E-state index contributed by atoms with van der Waals surface area (Å²) in [4.78, 5) is 20.4. The van der Waals surface area contributed by atoms with E-state index in [0.29, 0.717) is 0 Å². The summed E-state index contributed by atoms with van der Waals surface area (Å²) >= 11 is 0. The molecular formula is C17H18ClN3O. The maximum Gasteiger partial charge on any atom is 0.168 e. The molecule has 3 aromatic rings. The first-order chi connectivity index (χ1) is 10.2. The van der Waals surface area contributed by atoms with E-state index in [2.05, 4.69) is 14.4 Å². The highest BCUT2D eigenvalue weighted by Gasteiger charge is 2.28. The number of H-pyrrole nitrogens is 1. The minimum Gasteiger partial charge on any atom is -0.348 e. The number of pyridine rings is 1. The van der Waals surface area contributed by atoms with E-state index in [1.165, 1.54) is 5.69 Å². The highest BCUT2D eigenvalue weighted by Crippen LogP contribution is 2.28. The minimum absolute atomic E-state index is 0. The Balaban J connectivity index is 0.00000144. The van der Waals surface area contributed by atoms with Crippen LogP contribution < -0.4 is 0 Å². The molecule has 114 valence electrons. The van der Waals surface area contributed by atoms with E-state index < -0.39 is 0 Å². The molecule has 3 heterocycles. The maximum absolute atomic E-state index is 12.9. The van der Waals surface area contributed by atoms with Crippen molar-refractivity contribution in [2.45, 2.75) is 26.2 Å². The summed E-state index contributed by atoms with van der Waals surface area (Å²) in [5.74, 6) is 0.298. The molecule has 3 aromatic heterocycles. The van der Waals surface area contributed by atoms with E-state index in [-0.39, 0.29) is 24.1 Å². The number of hydrogen-bond donors (Lipinski definition) is 1. The van der Waals surface area contributed by atoms with Crippen molar-refractivity contribution in [1.29, 1.82) is 0 Å². The van der Waals surface area contributed by atoms with Gasteiger partial charge in [0.2, 0.25) is 0 Å². The molecule has 0 fully saturated rings. The second-order valence-electron chi connectivity index (χ2n) is 5.79. The molecule has 22 heavy (non-hydrogen) atoms. The van der Waals surface area contributed by atoms with Gasteiger partial charge in [0.05, 0.1) is 17.5 Å². The molecule has 1 N–H and O–H groups in total. The summed E-state index contributed by atoms with van der Waals surface area (Å²) < 4.78 is 2.08. The number of carbonyl (C=O) groups excluding carboxylic acids is 1. The predicted molar refractivity (Wildman–Crippen MR) is 87.8 cm³/mol. The number of ketones is 1. The Morgan fingerprint density at radius 3 is 3.14 bits per heavy atom. The zero-order valence-electron chi connectivity index (χ0n) is 12.4. The SMILES string of the molecule is Cc1cc(C(=O)[C@@H]2CCc3[nH]cnc3C2)c2ccccn12.Cl. The third-order valence-corrected chi connectivity index (χ3v) is 4.50. The van der Waals surface area contributed by atoms with Crippen LogP contribution in [0.1, 0.15) is 33.9 Å². The van der Waals surface area contributed by atoms with Gasteiger partial charge in [-0.1, -0.05) is 6.07 Å². The lowest BCUT2D eigenvalue weighted by molar-refractivity contribution is 0.0909. The number of imidazole rings is 1. The molecule has 0 saturated heterocycles. The Hall–Kier alpha value is -2.07. The van der Waals surface area contributed by atoms with Crippen LogP contribution in [-0.2, 0) is 12.8 Å². The third-order valence-electron chi connectivity index (χ3n) is 4.50. The molecule has 0 saturated carbocycles. The van der Waals surface area contributed by atoms with Gasteiger partial charge in [0.25, 0.3) is 0 Å². The predicted octanol–water partition coefficient (Wildman–Crippen LogP) is 3.38. The lowest BCUT2D eigenvalue weighted by Crippen LogP contribution is -2.22. The number of halogens is 1. The molecule has 0 unspecified atom stereocenters. The van der Waals surface area contributed by atoms with Crippen molar-refractivity contribution in [2.24, 2.45) is 5.92 Å². The summed E-state index contributed by atoms with van der Waals surface area (Å²) in [6, 6.07) is 8.00. The van der Waals surface area contributed by atoms with Crippen LogP contribution in [-0.4, -0.2) is 20.2 Å². The van der Waals surface area contributed by atoms with Gasteiger partial charge in [-0.3, -0.25) is 4.79 Å². The fourth-order valence-electron chi connectivity index (χ4n) is 3.36. The highest BCUT2D eigenvalue weighted by atomic mass is 35.5. The Bertz CT molecular complexity index is 833. The standard InChI is InChI=1S/C17H17N3O.ClH/c1-11-8-13(16-4-2-3-7-20(11)16)17(21)12-5-6-14-15(9-12)19-10-18-14;/h2-4,7-8,10,12H,5-6,9H2,1H3,(H,18,19);1H/t12-;/m1./s1. The maximum atomic E-state index is 12.9. The number of aromatic nitrogens is 3. The number of rotatable bonds is 2. The van der Waals surface area contributed by atoms with Crippen molar-refractivity contribution >= 4 is 23.7 Å². The number of hydrogen-bond acceptors (Lipinski definition) is 2. The van der Waals surface area contributed by atoms with Crippen LogP contribution in [0, 0.1) is 12.8 Å². The quantitative estimate of drug-likeness (QED) is 0.737. The zero-order chi connectivity index (χ0) is 14.4. The topological polar surface area (TPSA) is 50.2 Å². The normalized spacial score (nSPS) is 17.0. The van der Waals surface area contributed by atoms with Gasteiger partial charge in [0.15, 0.2) is 5.78 Å². The summed E-state index contributed by atoms with van der Waals surface area (Å²) in [5.41, 5.74) is 5.20. The van der Waals surface area contributed by atoms with Gasteiger partial charge in [-0.15, -0.1) is 12.4 Å². The largest absolute Gasteiger partial charge is 0.348 e. The van der Waals surface area contributed by atoms with E-state index in [9.17, 15) is 4.79 Å². The first-order valence-electron chi connectivity index (χ1n) is 7.36. The molecule has 0 amide bonds. The number of nitrogens with one attached hydrogen (secondary N) is 1. The van der Waals surface area contributed by atoms with E-state index in [0.717, 1.165) is 41.7 Å². The molecule has 1 atom stereocenters. The molecule has 0 bridgehead atoms. The van der Waals surface area contributed by atoms with Gasteiger partial charge in [-0.25, -0.2) is 4.98 Å². The van der Waals surface area contributed by atoms with E-state index in [4.69, 9.17) is 0 Å². The number of nitrogens with zero attached hydrogens (tertiary/aromatic N) is 2. The second kappa shape index (κ2) is 5.61. The summed E-state index contributed by atoms with van der Waals surface area (Å²) in [5, 5.41) is 0. The molecular weight excluding hydrogens is 298 g/mol. The van der Waals surface area contributed by atoms with Crippen molar-refractivity contribution in [2.75, 3.05) is 0 Å². The van der Waals surface area contributed by atoms with E-state index in [1.54, 1.807) is 6.33 Å². The van der Waals surface area contributed by atoms with Crippen LogP contribution in [0.25, 0.3) is 5.52 Å². The lowest BCUT2D eigenvalue weighted by Gasteiger charge is -2.19. The van der Waals surface area contributed by atoms with Gasteiger partial charge in [0, 0.05) is 35.5 Å². The summed E-state index contributed by atoms with van der Waals surface area (Å²) in [6.07, 6.45) is 6.30. The van der Waals surface area contributed by atoms with Crippen LogP contribution in [0.15, 0.2) is 36.8 Å². The van der Waals surface area contributed by atoms with Crippen LogP contribution in [0.4, 0.5) is 0 Å². The minimum atomic E-state index is 0. The summed E-state index contributed by atoms with van der Waals surface area (Å²) in [7, 11) is 0. The molecule has 1 aliphatic carbocycles. The van der Waals surface area contributed by atoms with E-state index >= 15 is 0 Å². The Morgan fingerprint density at radius 2 is 2.27 bits per heavy atom. The molecule has 0 radical (unpaired) electrons. The number of carbonyl (C=O) groups is 1. The fourth-order valence-corrected chi connectivity index (χ4v) is 3.36. The molecule has 0 spiro atoms. The van der Waals surface area contributed by atoms with Crippen LogP contribution in [0.2, 0.25) is 0 Å². The van der Waals surface area contributed by atoms with Gasteiger partial charge in [0.1, 0.15) is 0 Å². The molecule has 4 nitrogen and oxygen atoms in total. The van der Waals surface area contributed by atoms with Gasteiger partial charge in [-0.2, -0.15) is 0 Å². The van der Waals surface area contributed by atoms with Crippen molar-refractivity contribution in [3.8, 4) is 0 Å². The second-order valence-corrected chi connectivity index (χ2v) is 5.79. The Morgan fingerprint density at radius 1 is 1.41 bits per heavy atom. The van der Waals surface area contributed by atoms with Gasteiger partial charge in [-0.05, 0) is 38.0 Å². The number of Topliss-reactive ketones (excluding diaryl/α,β-unsaturated/α-hetero) is 1. The average molecular weight is 316 g/mol. The summed E-state index contributed by atoms with van der Waals surface area (Å²) in [6.45, 7) is 2.04. The average Bonchev–Trinajstić information content (AvgIpc) is 3.11.